The van der Waals surface area contributed by atoms with Crippen LogP contribution in [0, 0.1) is 11.3 Å². The van der Waals surface area contributed by atoms with E-state index in [4.69, 9.17) is 11.6 Å². The van der Waals surface area contributed by atoms with Gasteiger partial charge in [0.05, 0.1) is 5.69 Å². The number of nitrogens with zero attached hydrogens (tertiary/aromatic N) is 2. The molecule has 0 unspecified atom stereocenters. The van der Waals surface area contributed by atoms with Gasteiger partial charge < -0.3 is 10.6 Å². The lowest BCUT2D eigenvalue weighted by Crippen LogP contribution is -2.16. The molecule has 0 bridgehead atoms. The minimum Gasteiger partial charge on any atom is -0.326 e. The van der Waals surface area contributed by atoms with E-state index in [0.29, 0.717) is 34.8 Å². The zero-order chi connectivity index (χ0) is 23.9. The molecule has 7 nitrogen and oxygen atoms in total. The topological polar surface area (TPSA) is 111 Å². The Morgan fingerprint density at radius 3 is 2.50 bits per heavy atom. The lowest BCUT2D eigenvalue weighted by molar-refractivity contribution is -0.116. The molecule has 0 fully saturated rings. The van der Waals surface area contributed by atoms with Gasteiger partial charge >= 0.3 is 0 Å². The number of rotatable bonds is 7. The van der Waals surface area contributed by atoms with Crippen molar-refractivity contribution in [1.29, 1.82) is 5.26 Å². The number of amides is 1. The maximum atomic E-state index is 12.5. The summed E-state index contributed by atoms with van der Waals surface area (Å²) in [5, 5.41) is 16.0. The van der Waals surface area contributed by atoms with E-state index in [0.717, 1.165) is 5.56 Å². The first-order valence-electron chi connectivity index (χ1n) is 10.5. The number of anilines is 3. The van der Waals surface area contributed by atoms with Crippen LogP contribution in [0.2, 0.25) is 5.02 Å². The van der Waals surface area contributed by atoms with Crippen LogP contribution in [0.25, 0.3) is 11.3 Å². The molecule has 4 aromatic rings. The summed E-state index contributed by atoms with van der Waals surface area (Å²) >= 11 is 5.92. The zero-order valence-electron chi connectivity index (χ0n) is 18.0. The molecule has 0 aliphatic heterocycles. The second-order valence-corrected chi connectivity index (χ2v) is 7.93. The van der Waals surface area contributed by atoms with Gasteiger partial charge in [-0.1, -0.05) is 54.1 Å². The van der Waals surface area contributed by atoms with Gasteiger partial charge in [-0.25, -0.2) is 4.98 Å². The van der Waals surface area contributed by atoms with Crippen molar-refractivity contribution in [2.24, 2.45) is 0 Å². The largest absolute Gasteiger partial charge is 0.326 e. The Labute approximate surface area is 201 Å². The van der Waals surface area contributed by atoms with Crippen LogP contribution in [0.1, 0.15) is 17.5 Å². The Bertz CT molecular complexity index is 1410. The van der Waals surface area contributed by atoms with Crippen LogP contribution in [0.4, 0.5) is 17.3 Å². The summed E-state index contributed by atoms with van der Waals surface area (Å²) in [5.74, 6) is 0.0455. The fraction of sp³-hybridized carbons (Fsp3) is 0.0769. The van der Waals surface area contributed by atoms with Gasteiger partial charge in [-0.05, 0) is 48.4 Å². The van der Waals surface area contributed by atoms with Gasteiger partial charge in [0.15, 0.2) is 0 Å². The molecular weight excluding hydrogens is 450 g/mol. The number of aromatic nitrogens is 2. The van der Waals surface area contributed by atoms with E-state index < -0.39 is 5.56 Å². The standard InChI is InChI=1S/C26H20ClN5O2/c27-19-10-12-20(13-11-19)30-26-31-24(22(16-28)25(34)32-26)18-7-4-8-21(15-18)29-23(33)14-9-17-5-2-1-3-6-17/h1-8,10-13,15H,9,14H2,(H,29,33)(H2,30,31,32,34). The Morgan fingerprint density at radius 1 is 1.00 bits per heavy atom. The Morgan fingerprint density at radius 2 is 1.76 bits per heavy atom. The number of nitrogens with one attached hydrogen (secondary N) is 3. The van der Waals surface area contributed by atoms with Gasteiger partial charge in [0, 0.05) is 28.4 Å². The zero-order valence-corrected chi connectivity index (χ0v) is 18.8. The summed E-state index contributed by atoms with van der Waals surface area (Å²) in [4.78, 5) is 32.0. The van der Waals surface area contributed by atoms with E-state index in [1.807, 2.05) is 36.4 Å². The van der Waals surface area contributed by atoms with Crippen molar-refractivity contribution in [3.63, 3.8) is 0 Å². The first-order chi connectivity index (χ1) is 16.5. The molecule has 168 valence electrons. The molecule has 3 aromatic carbocycles. The molecule has 3 N–H and O–H groups in total. The van der Waals surface area contributed by atoms with E-state index in [1.54, 1.807) is 48.5 Å². The Hall–Kier alpha value is -4.41. The van der Waals surface area contributed by atoms with Crippen molar-refractivity contribution < 1.29 is 4.79 Å². The van der Waals surface area contributed by atoms with Crippen LogP contribution in [-0.4, -0.2) is 15.9 Å². The minimum absolute atomic E-state index is 0.116. The highest BCUT2D eigenvalue weighted by molar-refractivity contribution is 6.30. The van der Waals surface area contributed by atoms with Crippen molar-refractivity contribution in [2.75, 3.05) is 10.6 Å². The summed E-state index contributed by atoms with van der Waals surface area (Å²) in [6.07, 6.45) is 0.955. The quantitative estimate of drug-likeness (QED) is 0.341. The number of aromatic amines is 1. The molecule has 0 aliphatic carbocycles. The Balaban J connectivity index is 1.56. The normalized spacial score (nSPS) is 10.4. The number of H-pyrrole nitrogens is 1. The maximum absolute atomic E-state index is 12.5. The van der Waals surface area contributed by atoms with Crippen LogP contribution >= 0.6 is 11.6 Å². The highest BCUT2D eigenvalue weighted by Crippen LogP contribution is 2.25. The van der Waals surface area contributed by atoms with Crippen LogP contribution in [0.5, 0.6) is 0 Å². The van der Waals surface area contributed by atoms with E-state index in [9.17, 15) is 14.9 Å². The molecule has 1 aromatic heterocycles. The van der Waals surface area contributed by atoms with Crippen LogP contribution in [-0.2, 0) is 11.2 Å². The van der Waals surface area contributed by atoms with Gasteiger partial charge in [-0.2, -0.15) is 5.26 Å². The summed E-state index contributed by atoms with van der Waals surface area (Å²) in [5.41, 5.74) is 2.36. The fourth-order valence-electron chi connectivity index (χ4n) is 3.39. The number of nitriles is 1. The van der Waals surface area contributed by atoms with Crippen molar-refractivity contribution in [2.45, 2.75) is 12.8 Å². The molecule has 1 amide bonds. The number of hydrogen-bond acceptors (Lipinski definition) is 5. The van der Waals surface area contributed by atoms with Crippen LogP contribution in [0.15, 0.2) is 83.7 Å². The lowest BCUT2D eigenvalue weighted by atomic mass is 10.1. The van der Waals surface area contributed by atoms with Gasteiger partial charge in [0.2, 0.25) is 11.9 Å². The molecule has 8 heteroatoms. The summed E-state index contributed by atoms with van der Waals surface area (Å²) < 4.78 is 0. The van der Waals surface area contributed by atoms with Crippen molar-refractivity contribution >= 4 is 34.8 Å². The minimum atomic E-state index is -0.568. The summed E-state index contributed by atoms with van der Waals surface area (Å²) in [6, 6.07) is 25.5. The number of carbonyl (C=O) groups is 1. The van der Waals surface area contributed by atoms with Gasteiger partial charge in [-0.15, -0.1) is 0 Å². The van der Waals surface area contributed by atoms with Gasteiger partial charge in [0.25, 0.3) is 5.56 Å². The third kappa shape index (κ3) is 5.68. The molecule has 0 radical (unpaired) electrons. The average molecular weight is 470 g/mol. The molecular formula is C26H20ClN5O2. The monoisotopic (exact) mass is 469 g/mol. The number of hydrogen-bond donors (Lipinski definition) is 3. The van der Waals surface area contributed by atoms with Gasteiger partial charge in [0.1, 0.15) is 11.6 Å². The van der Waals surface area contributed by atoms with E-state index in [2.05, 4.69) is 20.6 Å². The van der Waals surface area contributed by atoms with Crippen molar-refractivity contribution in [3.8, 4) is 17.3 Å². The number of benzene rings is 3. The van der Waals surface area contributed by atoms with Crippen LogP contribution in [0.3, 0.4) is 0 Å². The summed E-state index contributed by atoms with van der Waals surface area (Å²) in [6.45, 7) is 0. The number of halogens is 1. The van der Waals surface area contributed by atoms with Crippen molar-refractivity contribution in [1.82, 2.24) is 9.97 Å². The third-order valence-corrected chi connectivity index (χ3v) is 5.29. The third-order valence-electron chi connectivity index (χ3n) is 5.04. The molecule has 4 rings (SSSR count). The van der Waals surface area contributed by atoms with E-state index in [1.165, 1.54) is 0 Å². The smallest absolute Gasteiger partial charge is 0.270 e. The Kier molecular flexibility index (Phi) is 7.01. The molecule has 1 heterocycles. The fourth-order valence-corrected chi connectivity index (χ4v) is 3.51. The second-order valence-electron chi connectivity index (χ2n) is 7.50. The number of aryl methyl sites for hydroxylation is 1. The van der Waals surface area contributed by atoms with E-state index in [-0.39, 0.29) is 23.1 Å². The first-order valence-corrected chi connectivity index (χ1v) is 10.9. The maximum Gasteiger partial charge on any atom is 0.270 e. The second kappa shape index (κ2) is 10.5. The number of carbonyl (C=O) groups excluding carboxylic acids is 1. The molecule has 0 aliphatic rings. The summed E-state index contributed by atoms with van der Waals surface area (Å²) in [7, 11) is 0. The molecule has 0 spiro atoms. The molecule has 34 heavy (non-hydrogen) atoms. The first kappa shape index (κ1) is 22.8. The molecule has 0 saturated carbocycles. The highest BCUT2D eigenvalue weighted by Gasteiger charge is 2.14. The predicted molar refractivity (Wildman–Crippen MR) is 133 cm³/mol. The van der Waals surface area contributed by atoms with Crippen molar-refractivity contribution in [3.05, 3.63) is 105 Å². The SMILES string of the molecule is N#Cc1c(-c2cccc(NC(=O)CCc3ccccc3)c2)nc(Nc2ccc(Cl)cc2)[nH]c1=O. The average Bonchev–Trinajstić information content (AvgIpc) is 2.85. The van der Waals surface area contributed by atoms with Gasteiger partial charge in [-0.3, -0.25) is 14.6 Å². The molecule has 0 saturated heterocycles. The van der Waals surface area contributed by atoms with E-state index >= 15 is 0 Å². The highest BCUT2D eigenvalue weighted by atomic mass is 35.5. The lowest BCUT2D eigenvalue weighted by Gasteiger charge is -2.11. The predicted octanol–water partition coefficient (Wildman–Crippen LogP) is 5.28. The molecule has 0 atom stereocenters. The van der Waals surface area contributed by atoms with Crippen LogP contribution < -0.4 is 16.2 Å².